The van der Waals surface area contributed by atoms with Gasteiger partial charge in [-0.3, -0.25) is 4.79 Å². The summed E-state index contributed by atoms with van der Waals surface area (Å²) in [4.78, 5) is 24.3. The van der Waals surface area contributed by atoms with Gasteiger partial charge in [-0.2, -0.15) is 4.31 Å². The van der Waals surface area contributed by atoms with E-state index in [9.17, 15) is 18.0 Å². The van der Waals surface area contributed by atoms with Gasteiger partial charge in [-0.25, -0.2) is 13.2 Å². The first-order valence-corrected chi connectivity index (χ1v) is 10.2. The third-order valence-corrected chi connectivity index (χ3v) is 6.50. The first-order chi connectivity index (χ1) is 13.1. The van der Waals surface area contributed by atoms with E-state index in [1.165, 1.54) is 60.9 Å². The average Bonchev–Trinajstić information content (AvgIpc) is 2.68. The lowest BCUT2D eigenvalue weighted by Gasteiger charge is -2.21. The quantitative estimate of drug-likeness (QED) is 0.717. The highest BCUT2D eigenvalue weighted by Crippen LogP contribution is 2.25. The van der Waals surface area contributed by atoms with Crippen LogP contribution in [0.4, 0.5) is 5.69 Å². The Morgan fingerprint density at radius 2 is 1.79 bits per heavy atom. The molecule has 0 radical (unpaired) electrons. The molecule has 0 aliphatic carbocycles. The minimum absolute atomic E-state index is 0.00533. The molecule has 0 unspecified atom stereocenters. The third-order valence-electron chi connectivity index (χ3n) is 4.14. The molecule has 0 aliphatic rings. The number of rotatable bonds is 6. The van der Waals surface area contributed by atoms with Gasteiger partial charge < -0.3 is 10.1 Å². The Bertz CT molecular complexity index is 1010. The van der Waals surface area contributed by atoms with E-state index in [0.29, 0.717) is 0 Å². The Hall–Kier alpha value is -2.42. The highest BCUT2D eigenvalue weighted by atomic mass is 35.5. The van der Waals surface area contributed by atoms with Crippen molar-refractivity contribution in [1.82, 2.24) is 4.31 Å². The maximum absolute atomic E-state index is 12.6. The van der Waals surface area contributed by atoms with Crippen molar-refractivity contribution in [2.75, 3.05) is 19.5 Å². The molecule has 9 heteroatoms. The van der Waals surface area contributed by atoms with Crippen LogP contribution in [0.2, 0.25) is 5.02 Å². The Kier molecular flexibility index (Phi) is 6.82. The Morgan fingerprint density at radius 1 is 1.11 bits per heavy atom. The Balaban J connectivity index is 2.33. The standard InChI is InChI=1S/C19H21ClN2O5S/c1-12(2)22(3)28(25,26)15-7-5-6-13(10-15)18(23)21-17-11-14(19(24)27-4)8-9-16(17)20/h5-12H,1-4H3,(H,21,23). The fourth-order valence-electron chi connectivity index (χ4n) is 2.30. The van der Waals surface area contributed by atoms with Crippen LogP contribution in [-0.4, -0.2) is 44.8 Å². The molecule has 0 atom stereocenters. The lowest BCUT2D eigenvalue weighted by molar-refractivity contribution is 0.0600. The van der Waals surface area contributed by atoms with Crippen LogP contribution in [0.5, 0.6) is 0 Å². The van der Waals surface area contributed by atoms with Gasteiger partial charge in [-0.15, -0.1) is 0 Å². The number of nitrogens with zero attached hydrogens (tertiary/aromatic N) is 1. The zero-order chi connectivity index (χ0) is 21.1. The van der Waals surface area contributed by atoms with E-state index in [-0.39, 0.29) is 32.8 Å². The van der Waals surface area contributed by atoms with Crippen molar-refractivity contribution in [1.29, 1.82) is 0 Å². The summed E-state index contributed by atoms with van der Waals surface area (Å²) in [6.45, 7) is 3.51. The molecule has 7 nitrogen and oxygen atoms in total. The Morgan fingerprint density at radius 3 is 2.39 bits per heavy atom. The summed E-state index contributed by atoms with van der Waals surface area (Å²) in [6, 6.07) is 9.78. The number of methoxy groups -OCH3 is 1. The summed E-state index contributed by atoms with van der Waals surface area (Å²) in [5.41, 5.74) is 0.567. The van der Waals surface area contributed by atoms with Crippen molar-refractivity contribution in [3.05, 3.63) is 58.6 Å². The van der Waals surface area contributed by atoms with Gasteiger partial charge in [0.1, 0.15) is 0 Å². The van der Waals surface area contributed by atoms with Crippen molar-refractivity contribution >= 4 is 39.2 Å². The van der Waals surface area contributed by atoms with Crippen molar-refractivity contribution < 1.29 is 22.7 Å². The van der Waals surface area contributed by atoms with Gasteiger partial charge in [-0.05, 0) is 50.2 Å². The molecule has 0 aromatic heterocycles. The number of nitrogens with one attached hydrogen (secondary N) is 1. The zero-order valence-corrected chi connectivity index (χ0v) is 17.5. The van der Waals surface area contributed by atoms with Gasteiger partial charge in [0.15, 0.2) is 0 Å². The number of ether oxygens (including phenoxy) is 1. The Labute approximate surface area is 169 Å². The molecule has 0 aliphatic heterocycles. The number of hydrogen-bond donors (Lipinski definition) is 1. The normalized spacial score (nSPS) is 11.5. The van der Waals surface area contributed by atoms with Gasteiger partial charge in [0, 0.05) is 18.7 Å². The summed E-state index contributed by atoms with van der Waals surface area (Å²) in [7, 11) is -1.01. The first kappa shape index (κ1) is 21.9. The molecule has 150 valence electrons. The number of halogens is 1. The first-order valence-electron chi connectivity index (χ1n) is 8.35. The van der Waals surface area contributed by atoms with Crippen LogP contribution >= 0.6 is 11.6 Å². The maximum atomic E-state index is 12.6. The van der Waals surface area contributed by atoms with Crippen molar-refractivity contribution in [3.63, 3.8) is 0 Å². The maximum Gasteiger partial charge on any atom is 0.337 e. The van der Waals surface area contributed by atoms with Crippen LogP contribution in [-0.2, 0) is 14.8 Å². The van der Waals surface area contributed by atoms with Crippen LogP contribution < -0.4 is 5.32 Å². The average molecular weight is 425 g/mol. The number of sulfonamides is 1. The molecule has 28 heavy (non-hydrogen) atoms. The van der Waals surface area contributed by atoms with E-state index in [1.807, 2.05) is 0 Å². The second kappa shape index (κ2) is 8.72. The number of amides is 1. The number of anilines is 1. The van der Waals surface area contributed by atoms with Crippen LogP contribution in [0, 0.1) is 0 Å². The number of carbonyl (C=O) groups is 2. The summed E-state index contributed by atoms with van der Waals surface area (Å²) in [5.74, 6) is -1.13. The van der Waals surface area contributed by atoms with Crippen LogP contribution in [0.3, 0.4) is 0 Å². The molecule has 0 saturated heterocycles. The molecule has 1 amide bonds. The molecule has 0 fully saturated rings. The molecule has 1 N–H and O–H groups in total. The van der Waals surface area contributed by atoms with E-state index in [2.05, 4.69) is 10.1 Å². The summed E-state index contributed by atoms with van der Waals surface area (Å²) in [6.07, 6.45) is 0. The van der Waals surface area contributed by atoms with Crippen molar-refractivity contribution in [2.45, 2.75) is 24.8 Å². The summed E-state index contributed by atoms with van der Waals surface area (Å²) < 4.78 is 31.1. The molecular weight excluding hydrogens is 404 g/mol. The van der Waals surface area contributed by atoms with Gasteiger partial charge in [0.05, 0.1) is 28.3 Å². The van der Waals surface area contributed by atoms with Gasteiger partial charge in [0.25, 0.3) is 5.91 Å². The second-order valence-electron chi connectivity index (χ2n) is 6.28. The number of hydrogen-bond acceptors (Lipinski definition) is 5. The highest BCUT2D eigenvalue weighted by Gasteiger charge is 2.24. The molecule has 0 heterocycles. The van der Waals surface area contributed by atoms with Gasteiger partial charge in [-0.1, -0.05) is 17.7 Å². The second-order valence-corrected chi connectivity index (χ2v) is 8.69. The van der Waals surface area contributed by atoms with Crippen molar-refractivity contribution in [3.8, 4) is 0 Å². The highest BCUT2D eigenvalue weighted by molar-refractivity contribution is 7.89. The smallest absolute Gasteiger partial charge is 0.337 e. The predicted octanol–water partition coefficient (Wildman–Crippen LogP) is 3.41. The monoisotopic (exact) mass is 424 g/mol. The SMILES string of the molecule is COC(=O)c1ccc(Cl)c(NC(=O)c2cccc(S(=O)(=O)N(C)C(C)C)c2)c1. The fraction of sp³-hybridized carbons (Fsp3) is 0.263. The van der Waals surface area contributed by atoms with Gasteiger partial charge >= 0.3 is 5.97 Å². The number of benzene rings is 2. The van der Waals surface area contributed by atoms with E-state index >= 15 is 0 Å². The lowest BCUT2D eigenvalue weighted by Crippen LogP contribution is -2.33. The lowest BCUT2D eigenvalue weighted by atomic mass is 10.1. The zero-order valence-electron chi connectivity index (χ0n) is 15.9. The molecule has 2 aromatic carbocycles. The molecule has 0 saturated carbocycles. The molecule has 0 spiro atoms. The molecule has 2 rings (SSSR count). The van der Waals surface area contributed by atoms with Crippen LogP contribution in [0.1, 0.15) is 34.6 Å². The summed E-state index contributed by atoms with van der Waals surface area (Å²) >= 11 is 6.09. The number of carbonyl (C=O) groups excluding carboxylic acids is 2. The van der Waals surface area contributed by atoms with Gasteiger partial charge in [0.2, 0.25) is 10.0 Å². The van der Waals surface area contributed by atoms with E-state index in [4.69, 9.17) is 11.6 Å². The van der Waals surface area contributed by atoms with Crippen molar-refractivity contribution in [2.24, 2.45) is 0 Å². The minimum atomic E-state index is -3.73. The van der Waals surface area contributed by atoms with E-state index < -0.39 is 21.9 Å². The topological polar surface area (TPSA) is 92.8 Å². The van der Waals surface area contributed by atoms with Crippen LogP contribution in [0.15, 0.2) is 47.4 Å². The van der Waals surface area contributed by atoms with E-state index in [0.717, 1.165) is 0 Å². The largest absolute Gasteiger partial charge is 0.465 e. The molecule has 0 bridgehead atoms. The third kappa shape index (κ3) is 4.70. The van der Waals surface area contributed by atoms with Crippen LogP contribution in [0.25, 0.3) is 0 Å². The number of esters is 1. The molecular formula is C19H21ClN2O5S. The van der Waals surface area contributed by atoms with E-state index in [1.54, 1.807) is 13.8 Å². The molecule has 2 aromatic rings. The summed E-state index contributed by atoms with van der Waals surface area (Å²) in [5, 5.41) is 2.82. The predicted molar refractivity (Wildman–Crippen MR) is 107 cm³/mol. The minimum Gasteiger partial charge on any atom is -0.465 e. The fourth-order valence-corrected chi connectivity index (χ4v) is 3.88.